The fraction of sp³-hybridized carbons (Fsp3) is 0.429. The summed E-state index contributed by atoms with van der Waals surface area (Å²) in [6.45, 7) is 1.11. The van der Waals surface area contributed by atoms with Crippen LogP contribution in [0.1, 0.15) is 18.5 Å². The Morgan fingerprint density at radius 1 is 1.38 bits per heavy atom. The molecule has 0 aliphatic carbocycles. The Balaban J connectivity index is 1.56. The van der Waals surface area contributed by atoms with Gasteiger partial charge in [0.2, 0.25) is 0 Å². The Morgan fingerprint density at radius 2 is 2.29 bits per heavy atom. The molecule has 0 aromatic carbocycles. The maximum absolute atomic E-state index is 11.7. The van der Waals surface area contributed by atoms with E-state index < -0.39 is 9.84 Å². The largest absolute Gasteiger partial charge is 0.310 e. The normalized spacial score (nSPS) is 20.7. The van der Waals surface area contributed by atoms with E-state index in [1.54, 1.807) is 17.5 Å². The zero-order valence-electron chi connectivity index (χ0n) is 11.5. The molecule has 1 saturated heterocycles. The summed E-state index contributed by atoms with van der Waals surface area (Å²) in [6, 6.07) is 5.75. The van der Waals surface area contributed by atoms with Crippen molar-refractivity contribution in [3.8, 4) is 10.7 Å². The van der Waals surface area contributed by atoms with Crippen LogP contribution in [0.2, 0.25) is 0 Å². The minimum Gasteiger partial charge on any atom is -0.310 e. The first-order valence-electron chi connectivity index (χ1n) is 6.93. The van der Waals surface area contributed by atoms with Crippen LogP contribution in [-0.2, 0) is 16.4 Å². The van der Waals surface area contributed by atoms with Gasteiger partial charge < -0.3 is 5.32 Å². The highest BCUT2D eigenvalue weighted by Gasteiger charge is 2.30. The maximum Gasteiger partial charge on any atom is 0.154 e. The van der Waals surface area contributed by atoms with Crippen LogP contribution >= 0.6 is 11.3 Å². The lowest BCUT2D eigenvalue weighted by molar-refractivity contribution is 0.573. The number of sulfone groups is 1. The van der Waals surface area contributed by atoms with Gasteiger partial charge in [-0.15, -0.1) is 11.3 Å². The highest BCUT2D eigenvalue weighted by Crippen LogP contribution is 2.22. The van der Waals surface area contributed by atoms with Gasteiger partial charge in [-0.25, -0.2) is 13.4 Å². The molecule has 3 heterocycles. The molecule has 21 heavy (non-hydrogen) atoms. The molecule has 1 unspecified atom stereocenters. The van der Waals surface area contributed by atoms with Crippen LogP contribution in [0, 0.1) is 0 Å². The Bertz CT molecular complexity index is 698. The second kappa shape index (κ2) is 6.21. The van der Waals surface area contributed by atoms with Crippen molar-refractivity contribution in [2.75, 3.05) is 12.3 Å². The third kappa shape index (κ3) is 3.48. The van der Waals surface area contributed by atoms with Gasteiger partial charge in [-0.1, -0.05) is 6.07 Å². The summed E-state index contributed by atoms with van der Waals surface area (Å²) in [5.74, 6) is 0.333. The van der Waals surface area contributed by atoms with Crippen LogP contribution in [0.3, 0.4) is 0 Å². The minimum absolute atomic E-state index is 0.230. The van der Waals surface area contributed by atoms with E-state index in [1.807, 2.05) is 23.6 Å². The number of hydrogen-bond acceptors (Lipinski definition) is 6. The standard InChI is InChI=1S/C14H17N3O2S2/c18-21(19)7-3-4-12(21)9-15-8-11-10-20-14(17-11)13-5-1-2-6-16-13/h1-2,5-6,10,12,15H,3-4,7-9H2. The molecule has 0 bridgehead atoms. The summed E-state index contributed by atoms with van der Waals surface area (Å²) in [6.07, 6.45) is 3.31. The lowest BCUT2D eigenvalue weighted by Gasteiger charge is -2.09. The van der Waals surface area contributed by atoms with Crippen molar-refractivity contribution in [2.24, 2.45) is 0 Å². The molecule has 0 spiro atoms. The minimum atomic E-state index is -2.87. The lowest BCUT2D eigenvalue weighted by Crippen LogP contribution is -2.30. The molecule has 3 rings (SSSR count). The molecule has 1 aliphatic heterocycles. The fourth-order valence-corrected chi connectivity index (χ4v) is 5.04. The van der Waals surface area contributed by atoms with Crippen LogP contribution in [0.25, 0.3) is 10.7 Å². The molecule has 112 valence electrons. The summed E-state index contributed by atoms with van der Waals surface area (Å²) in [4.78, 5) is 8.80. The van der Waals surface area contributed by atoms with Crippen LogP contribution < -0.4 is 5.32 Å². The summed E-state index contributed by atoms with van der Waals surface area (Å²) in [5.41, 5.74) is 1.79. The molecule has 2 aromatic rings. The van der Waals surface area contributed by atoms with E-state index in [1.165, 1.54) is 0 Å². The van der Waals surface area contributed by atoms with E-state index >= 15 is 0 Å². The molecular formula is C14H17N3O2S2. The number of aromatic nitrogens is 2. The van der Waals surface area contributed by atoms with Gasteiger partial charge in [-0.3, -0.25) is 4.98 Å². The van der Waals surface area contributed by atoms with E-state index in [9.17, 15) is 8.42 Å². The molecular weight excluding hydrogens is 306 g/mol. The summed E-state index contributed by atoms with van der Waals surface area (Å²) < 4.78 is 23.5. The highest BCUT2D eigenvalue weighted by molar-refractivity contribution is 7.92. The van der Waals surface area contributed by atoms with E-state index in [2.05, 4.69) is 15.3 Å². The third-order valence-corrected chi connectivity index (χ3v) is 6.77. The first-order valence-corrected chi connectivity index (χ1v) is 9.53. The number of pyridine rings is 1. The number of nitrogens with one attached hydrogen (secondary N) is 1. The van der Waals surface area contributed by atoms with Crippen molar-refractivity contribution >= 4 is 21.2 Å². The monoisotopic (exact) mass is 323 g/mol. The second-order valence-electron chi connectivity index (χ2n) is 5.12. The van der Waals surface area contributed by atoms with E-state index in [4.69, 9.17) is 0 Å². The molecule has 0 saturated carbocycles. The average molecular weight is 323 g/mol. The first kappa shape index (κ1) is 14.6. The molecule has 0 amide bonds. The zero-order chi connectivity index (χ0) is 14.7. The smallest absolute Gasteiger partial charge is 0.154 e. The molecule has 0 radical (unpaired) electrons. The molecule has 2 aromatic heterocycles. The van der Waals surface area contributed by atoms with Crippen LogP contribution in [0.5, 0.6) is 0 Å². The summed E-state index contributed by atoms with van der Waals surface area (Å²) in [7, 11) is -2.87. The van der Waals surface area contributed by atoms with Crippen molar-refractivity contribution in [1.29, 1.82) is 0 Å². The molecule has 1 N–H and O–H groups in total. The number of thiazole rings is 1. The maximum atomic E-state index is 11.7. The fourth-order valence-electron chi connectivity index (χ4n) is 2.44. The van der Waals surface area contributed by atoms with Gasteiger partial charge in [0.05, 0.1) is 22.4 Å². The molecule has 1 aliphatic rings. The Hall–Kier alpha value is -1.31. The zero-order valence-corrected chi connectivity index (χ0v) is 13.2. The quantitative estimate of drug-likeness (QED) is 0.909. The number of nitrogens with zero attached hydrogens (tertiary/aromatic N) is 2. The average Bonchev–Trinajstić information content (AvgIpc) is 3.07. The number of hydrogen-bond donors (Lipinski definition) is 1. The first-order chi connectivity index (χ1) is 10.1. The van der Waals surface area contributed by atoms with Crippen LogP contribution in [-0.4, -0.2) is 35.9 Å². The van der Waals surface area contributed by atoms with Gasteiger partial charge in [0.1, 0.15) is 5.01 Å². The predicted octanol–water partition coefficient (Wildman–Crippen LogP) is 1.87. The van der Waals surface area contributed by atoms with E-state index in [0.717, 1.165) is 29.2 Å². The van der Waals surface area contributed by atoms with Crippen molar-refractivity contribution < 1.29 is 8.42 Å². The van der Waals surface area contributed by atoms with Gasteiger partial charge in [0, 0.05) is 24.7 Å². The number of rotatable bonds is 5. The van der Waals surface area contributed by atoms with Crippen molar-refractivity contribution in [2.45, 2.75) is 24.6 Å². The summed E-state index contributed by atoms with van der Waals surface area (Å²) in [5, 5.41) is 5.85. The van der Waals surface area contributed by atoms with Crippen molar-refractivity contribution in [3.63, 3.8) is 0 Å². The van der Waals surface area contributed by atoms with Gasteiger partial charge in [0.15, 0.2) is 9.84 Å². The predicted molar refractivity (Wildman–Crippen MR) is 83.9 cm³/mol. The van der Waals surface area contributed by atoms with Crippen LogP contribution in [0.4, 0.5) is 0 Å². The Morgan fingerprint density at radius 3 is 3.00 bits per heavy atom. The van der Waals surface area contributed by atoms with Gasteiger partial charge in [-0.2, -0.15) is 0 Å². The van der Waals surface area contributed by atoms with Crippen molar-refractivity contribution in [3.05, 3.63) is 35.5 Å². The van der Waals surface area contributed by atoms with E-state index in [-0.39, 0.29) is 5.25 Å². The molecule has 1 fully saturated rings. The van der Waals surface area contributed by atoms with Crippen molar-refractivity contribution in [1.82, 2.24) is 15.3 Å². The molecule has 5 nitrogen and oxygen atoms in total. The lowest BCUT2D eigenvalue weighted by atomic mass is 10.2. The SMILES string of the molecule is O=S1(=O)CCCC1CNCc1csc(-c2ccccn2)n1. The van der Waals surface area contributed by atoms with Gasteiger partial charge >= 0.3 is 0 Å². The summed E-state index contributed by atoms with van der Waals surface area (Å²) >= 11 is 1.55. The Labute approximate surface area is 128 Å². The van der Waals surface area contributed by atoms with Crippen LogP contribution in [0.15, 0.2) is 29.8 Å². The topological polar surface area (TPSA) is 72.0 Å². The Kier molecular flexibility index (Phi) is 4.32. The highest BCUT2D eigenvalue weighted by atomic mass is 32.2. The molecule has 7 heteroatoms. The van der Waals surface area contributed by atoms with Gasteiger partial charge in [-0.05, 0) is 25.0 Å². The van der Waals surface area contributed by atoms with E-state index in [0.29, 0.717) is 18.8 Å². The molecule has 1 atom stereocenters. The van der Waals surface area contributed by atoms with Gasteiger partial charge in [0.25, 0.3) is 0 Å². The second-order valence-corrected chi connectivity index (χ2v) is 8.38. The third-order valence-electron chi connectivity index (χ3n) is 3.58.